The predicted octanol–water partition coefficient (Wildman–Crippen LogP) is 3.84. The van der Waals surface area contributed by atoms with Crippen molar-refractivity contribution in [2.45, 2.75) is 40.0 Å². The highest BCUT2D eigenvalue weighted by Crippen LogP contribution is 2.19. The maximum atomic E-state index is 12.0. The van der Waals surface area contributed by atoms with Gasteiger partial charge in [0.15, 0.2) is 0 Å². The summed E-state index contributed by atoms with van der Waals surface area (Å²) in [6.45, 7) is 6.21. The molecule has 92 valence electrons. The van der Waals surface area contributed by atoms with Gasteiger partial charge in [-0.25, -0.2) is 0 Å². The standard InChI is InChI=1S/C15H21NO/c1-4-7-14(16)15(17)13-9-6-5-8-12(10-13)11(2)3/h5,8-11,16H,4,6-7H2,1-3H3. The minimum absolute atomic E-state index is 0.117. The molecule has 0 saturated carbocycles. The largest absolute Gasteiger partial charge is 0.301 e. The van der Waals surface area contributed by atoms with Crippen LogP contribution in [0.4, 0.5) is 0 Å². The summed E-state index contributed by atoms with van der Waals surface area (Å²) in [5.74, 6) is 0.287. The van der Waals surface area contributed by atoms with Gasteiger partial charge in [-0.05, 0) is 30.4 Å². The molecule has 0 saturated heterocycles. The van der Waals surface area contributed by atoms with Crippen molar-refractivity contribution in [3.05, 3.63) is 35.5 Å². The van der Waals surface area contributed by atoms with Crippen molar-refractivity contribution in [2.75, 3.05) is 0 Å². The van der Waals surface area contributed by atoms with E-state index in [2.05, 4.69) is 26.0 Å². The van der Waals surface area contributed by atoms with Crippen molar-refractivity contribution in [3.63, 3.8) is 0 Å². The quantitative estimate of drug-likeness (QED) is 0.717. The molecule has 0 spiro atoms. The Kier molecular flexibility index (Phi) is 5.08. The summed E-state index contributed by atoms with van der Waals surface area (Å²) in [6.07, 6.45) is 10.2. The molecule has 1 aliphatic carbocycles. The highest BCUT2D eigenvalue weighted by molar-refractivity contribution is 6.45. The van der Waals surface area contributed by atoms with Gasteiger partial charge in [-0.15, -0.1) is 0 Å². The molecule has 0 unspecified atom stereocenters. The highest BCUT2D eigenvalue weighted by atomic mass is 16.1. The van der Waals surface area contributed by atoms with Crippen LogP contribution in [0.5, 0.6) is 0 Å². The van der Waals surface area contributed by atoms with Crippen LogP contribution in [0.3, 0.4) is 0 Å². The number of nitrogens with one attached hydrogen (secondary N) is 1. The predicted molar refractivity (Wildman–Crippen MR) is 72.4 cm³/mol. The van der Waals surface area contributed by atoms with E-state index in [1.807, 2.05) is 19.1 Å². The van der Waals surface area contributed by atoms with Crippen LogP contribution in [-0.2, 0) is 4.79 Å². The SMILES string of the molecule is CCCC(=N)C(=O)C1=CCC=CC(C(C)C)=C1. The Bertz CT molecular complexity index is 397. The van der Waals surface area contributed by atoms with Gasteiger partial charge < -0.3 is 5.41 Å². The Morgan fingerprint density at radius 2 is 2.18 bits per heavy atom. The van der Waals surface area contributed by atoms with Gasteiger partial charge in [0.2, 0.25) is 5.78 Å². The molecule has 0 radical (unpaired) electrons. The van der Waals surface area contributed by atoms with Gasteiger partial charge in [-0.2, -0.15) is 0 Å². The van der Waals surface area contributed by atoms with Crippen LogP contribution >= 0.6 is 0 Å². The third-order valence-electron chi connectivity index (χ3n) is 2.81. The molecule has 17 heavy (non-hydrogen) atoms. The number of hydrogen-bond acceptors (Lipinski definition) is 2. The first kappa shape index (κ1) is 13.6. The topological polar surface area (TPSA) is 40.9 Å². The van der Waals surface area contributed by atoms with Crippen LogP contribution in [0.25, 0.3) is 0 Å². The molecule has 0 atom stereocenters. The van der Waals surface area contributed by atoms with Gasteiger partial charge >= 0.3 is 0 Å². The maximum Gasteiger partial charge on any atom is 0.206 e. The Balaban J connectivity index is 2.90. The van der Waals surface area contributed by atoms with E-state index in [-0.39, 0.29) is 11.5 Å². The maximum absolute atomic E-state index is 12.0. The molecule has 1 aliphatic rings. The van der Waals surface area contributed by atoms with Gasteiger partial charge in [-0.1, -0.05) is 45.4 Å². The number of ketones is 1. The average Bonchev–Trinajstić information content (AvgIpc) is 2.53. The molecule has 0 heterocycles. The molecule has 1 N–H and O–H groups in total. The van der Waals surface area contributed by atoms with Gasteiger partial charge in [0.05, 0.1) is 5.71 Å². The lowest BCUT2D eigenvalue weighted by Crippen LogP contribution is -2.14. The van der Waals surface area contributed by atoms with Crippen LogP contribution in [0.15, 0.2) is 35.5 Å². The van der Waals surface area contributed by atoms with Crippen LogP contribution in [0, 0.1) is 11.3 Å². The average molecular weight is 231 g/mol. The molecule has 0 aromatic carbocycles. The number of Topliss-reactive ketones (excluding diaryl/α,β-unsaturated/α-hetero) is 1. The van der Waals surface area contributed by atoms with Gasteiger partial charge in [-0.3, -0.25) is 4.79 Å². The fourth-order valence-corrected chi connectivity index (χ4v) is 1.74. The summed E-state index contributed by atoms with van der Waals surface area (Å²) < 4.78 is 0. The smallest absolute Gasteiger partial charge is 0.206 e. The summed E-state index contributed by atoms with van der Waals surface area (Å²) in [4.78, 5) is 12.0. The molecule has 0 fully saturated rings. The van der Waals surface area contributed by atoms with Crippen LogP contribution in [0.2, 0.25) is 0 Å². The molecule has 0 aromatic rings. The minimum atomic E-state index is -0.117. The Hall–Kier alpha value is -1.44. The lowest BCUT2D eigenvalue weighted by Gasteiger charge is -2.07. The van der Waals surface area contributed by atoms with Gasteiger partial charge in [0.25, 0.3) is 0 Å². The molecule has 1 rings (SSSR count). The summed E-state index contributed by atoms with van der Waals surface area (Å²) in [5, 5.41) is 7.74. The second-order valence-electron chi connectivity index (χ2n) is 4.65. The van der Waals surface area contributed by atoms with E-state index in [1.54, 1.807) is 0 Å². The van der Waals surface area contributed by atoms with E-state index in [4.69, 9.17) is 5.41 Å². The molecule has 2 nitrogen and oxygen atoms in total. The lowest BCUT2D eigenvalue weighted by atomic mass is 9.97. The number of allylic oxidation sites excluding steroid dienone is 6. The van der Waals surface area contributed by atoms with Gasteiger partial charge in [0, 0.05) is 5.57 Å². The fraction of sp³-hybridized carbons (Fsp3) is 0.467. The number of carbonyl (C=O) groups is 1. The van der Waals surface area contributed by atoms with E-state index >= 15 is 0 Å². The molecular weight excluding hydrogens is 210 g/mol. The third kappa shape index (κ3) is 3.81. The van der Waals surface area contributed by atoms with Gasteiger partial charge in [0.1, 0.15) is 0 Å². The van der Waals surface area contributed by atoms with Crippen molar-refractivity contribution in [2.24, 2.45) is 5.92 Å². The number of rotatable bonds is 5. The van der Waals surface area contributed by atoms with Crippen molar-refractivity contribution in [3.8, 4) is 0 Å². The van der Waals surface area contributed by atoms with E-state index < -0.39 is 0 Å². The zero-order chi connectivity index (χ0) is 12.8. The molecular formula is C15H21NO. The second kappa shape index (κ2) is 6.33. The summed E-state index contributed by atoms with van der Waals surface area (Å²) >= 11 is 0. The Morgan fingerprint density at radius 1 is 1.47 bits per heavy atom. The summed E-state index contributed by atoms with van der Waals surface area (Å²) in [6, 6.07) is 0. The van der Waals surface area contributed by atoms with Crippen molar-refractivity contribution in [1.29, 1.82) is 5.41 Å². The number of carbonyl (C=O) groups excluding carboxylic acids is 1. The first-order valence-electron chi connectivity index (χ1n) is 6.26. The normalized spacial score (nSPS) is 15.3. The second-order valence-corrected chi connectivity index (χ2v) is 4.65. The van der Waals surface area contributed by atoms with Crippen LogP contribution < -0.4 is 0 Å². The van der Waals surface area contributed by atoms with E-state index in [0.29, 0.717) is 17.9 Å². The first-order chi connectivity index (χ1) is 8.06. The van der Waals surface area contributed by atoms with Crippen LogP contribution in [-0.4, -0.2) is 11.5 Å². The van der Waals surface area contributed by atoms with Crippen molar-refractivity contribution < 1.29 is 4.79 Å². The third-order valence-corrected chi connectivity index (χ3v) is 2.81. The molecule has 2 heteroatoms. The minimum Gasteiger partial charge on any atom is -0.301 e. The van der Waals surface area contributed by atoms with Crippen molar-refractivity contribution in [1.82, 2.24) is 0 Å². The molecule has 0 aromatic heterocycles. The molecule has 0 aliphatic heterocycles. The Morgan fingerprint density at radius 3 is 2.76 bits per heavy atom. The summed E-state index contributed by atoms with van der Waals surface area (Å²) in [5.41, 5.74) is 2.06. The number of hydrogen-bond donors (Lipinski definition) is 1. The van der Waals surface area contributed by atoms with E-state index in [1.165, 1.54) is 0 Å². The van der Waals surface area contributed by atoms with E-state index in [0.717, 1.165) is 18.4 Å². The monoisotopic (exact) mass is 231 g/mol. The zero-order valence-corrected chi connectivity index (χ0v) is 10.9. The van der Waals surface area contributed by atoms with Crippen LogP contribution in [0.1, 0.15) is 40.0 Å². The molecule has 0 bridgehead atoms. The zero-order valence-electron chi connectivity index (χ0n) is 10.9. The van der Waals surface area contributed by atoms with Crippen molar-refractivity contribution >= 4 is 11.5 Å². The first-order valence-corrected chi connectivity index (χ1v) is 6.26. The Labute approximate surface area is 104 Å². The fourth-order valence-electron chi connectivity index (χ4n) is 1.74. The lowest BCUT2D eigenvalue weighted by molar-refractivity contribution is -0.109. The van der Waals surface area contributed by atoms with E-state index in [9.17, 15) is 4.79 Å². The molecule has 0 amide bonds. The summed E-state index contributed by atoms with van der Waals surface area (Å²) in [7, 11) is 0. The highest BCUT2D eigenvalue weighted by Gasteiger charge is 2.14.